The Morgan fingerprint density at radius 2 is 2.07 bits per heavy atom. The summed E-state index contributed by atoms with van der Waals surface area (Å²) in [4.78, 5) is 2.36. The molecule has 1 heterocycles. The van der Waals surface area contributed by atoms with Crippen molar-refractivity contribution < 1.29 is 4.74 Å². The summed E-state index contributed by atoms with van der Waals surface area (Å²) in [6.07, 6.45) is 7.38. The molecule has 1 aliphatic heterocycles. The summed E-state index contributed by atoms with van der Waals surface area (Å²) in [6, 6.07) is 0.759. The Kier molecular flexibility index (Phi) is 4.42. The van der Waals surface area contributed by atoms with Crippen molar-refractivity contribution in [3.63, 3.8) is 0 Å². The van der Waals surface area contributed by atoms with Crippen LogP contribution >= 0.6 is 0 Å². The van der Waals surface area contributed by atoms with E-state index < -0.39 is 0 Å². The molecule has 2 rings (SSSR count). The van der Waals surface area contributed by atoms with Crippen molar-refractivity contribution >= 4 is 0 Å². The van der Waals surface area contributed by atoms with Gasteiger partial charge in [0.15, 0.2) is 0 Å². The lowest BCUT2D eigenvalue weighted by Gasteiger charge is -2.32. The van der Waals surface area contributed by atoms with Crippen molar-refractivity contribution in [2.24, 2.45) is 0 Å². The Morgan fingerprint density at radius 3 is 2.80 bits per heavy atom. The van der Waals surface area contributed by atoms with Gasteiger partial charge < -0.3 is 15.0 Å². The standard InChI is InChI=1S/C12H24N2O/c1-14-7-8-15-12(10-14)9-13-11-5-3-2-4-6-11/h11-13H,2-10H2,1H3. The maximum atomic E-state index is 5.74. The minimum Gasteiger partial charge on any atom is -0.374 e. The van der Waals surface area contributed by atoms with Crippen molar-refractivity contribution in [3.05, 3.63) is 0 Å². The molecule has 1 saturated carbocycles. The van der Waals surface area contributed by atoms with Crippen LogP contribution in [-0.2, 0) is 4.74 Å². The summed E-state index contributed by atoms with van der Waals surface area (Å²) in [5.74, 6) is 0. The summed E-state index contributed by atoms with van der Waals surface area (Å²) >= 11 is 0. The Balaban J connectivity index is 1.63. The van der Waals surface area contributed by atoms with Crippen LogP contribution in [0.15, 0.2) is 0 Å². The van der Waals surface area contributed by atoms with Gasteiger partial charge in [-0.3, -0.25) is 0 Å². The highest BCUT2D eigenvalue weighted by molar-refractivity contribution is 4.76. The average molecular weight is 212 g/mol. The van der Waals surface area contributed by atoms with Crippen LogP contribution in [0.2, 0.25) is 0 Å². The Labute approximate surface area is 93.2 Å². The van der Waals surface area contributed by atoms with Crippen molar-refractivity contribution in [1.29, 1.82) is 0 Å². The van der Waals surface area contributed by atoms with Crippen LogP contribution in [-0.4, -0.2) is 50.3 Å². The van der Waals surface area contributed by atoms with Crippen molar-refractivity contribution in [2.45, 2.75) is 44.2 Å². The summed E-state index contributed by atoms with van der Waals surface area (Å²) in [7, 11) is 2.18. The third-order valence-corrected chi connectivity index (χ3v) is 3.58. The van der Waals surface area contributed by atoms with Gasteiger partial charge in [0.05, 0.1) is 12.7 Å². The highest BCUT2D eigenvalue weighted by Gasteiger charge is 2.19. The fraction of sp³-hybridized carbons (Fsp3) is 1.00. The number of hydrogen-bond donors (Lipinski definition) is 1. The minimum atomic E-state index is 0.408. The zero-order valence-electron chi connectivity index (χ0n) is 9.87. The molecule has 15 heavy (non-hydrogen) atoms. The van der Waals surface area contributed by atoms with Crippen LogP contribution < -0.4 is 5.32 Å². The second-order valence-corrected chi connectivity index (χ2v) is 5.00. The fourth-order valence-corrected chi connectivity index (χ4v) is 2.60. The van der Waals surface area contributed by atoms with E-state index in [4.69, 9.17) is 4.74 Å². The van der Waals surface area contributed by atoms with Gasteiger partial charge in [0.2, 0.25) is 0 Å². The third-order valence-electron chi connectivity index (χ3n) is 3.58. The van der Waals surface area contributed by atoms with Gasteiger partial charge in [-0.15, -0.1) is 0 Å². The van der Waals surface area contributed by atoms with Gasteiger partial charge in [-0.25, -0.2) is 0 Å². The molecule has 3 heteroatoms. The highest BCUT2D eigenvalue weighted by atomic mass is 16.5. The van der Waals surface area contributed by atoms with Crippen LogP contribution in [0.4, 0.5) is 0 Å². The molecule has 1 saturated heterocycles. The molecule has 1 atom stereocenters. The summed E-state index contributed by atoms with van der Waals surface area (Å²) in [6.45, 7) is 4.10. The zero-order valence-corrected chi connectivity index (χ0v) is 9.87. The van der Waals surface area contributed by atoms with Gasteiger partial charge in [0, 0.05) is 25.7 Å². The normalized spacial score (nSPS) is 30.6. The fourth-order valence-electron chi connectivity index (χ4n) is 2.60. The Hall–Kier alpha value is -0.120. The second-order valence-electron chi connectivity index (χ2n) is 5.00. The van der Waals surface area contributed by atoms with E-state index in [1.54, 1.807) is 0 Å². The number of ether oxygens (including phenoxy) is 1. The SMILES string of the molecule is CN1CCOC(CNC2CCCCC2)C1. The molecule has 0 radical (unpaired) electrons. The van der Waals surface area contributed by atoms with Crippen LogP contribution in [0.1, 0.15) is 32.1 Å². The molecule has 0 amide bonds. The molecule has 1 aliphatic carbocycles. The quantitative estimate of drug-likeness (QED) is 0.762. The molecule has 0 aromatic carbocycles. The molecule has 0 aromatic heterocycles. The van der Waals surface area contributed by atoms with E-state index in [1.165, 1.54) is 32.1 Å². The highest BCUT2D eigenvalue weighted by Crippen LogP contribution is 2.17. The van der Waals surface area contributed by atoms with E-state index in [2.05, 4.69) is 17.3 Å². The van der Waals surface area contributed by atoms with E-state index in [1.807, 2.05) is 0 Å². The lowest BCUT2D eigenvalue weighted by Crippen LogP contribution is -2.47. The summed E-state index contributed by atoms with van der Waals surface area (Å²) < 4.78 is 5.74. The smallest absolute Gasteiger partial charge is 0.0826 e. The maximum Gasteiger partial charge on any atom is 0.0826 e. The average Bonchev–Trinajstić information content (AvgIpc) is 2.28. The van der Waals surface area contributed by atoms with Gasteiger partial charge in [0.25, 0.3) is 0 Å². The molecule has 1 unspecified atom stereocenters. The number of rotatable bonds is 3. The van der Waals surface area contributed by atoms with Crippen molar-refractivity contribution in [3.8, 4) is 0 Å². The third kappa shape index (κ3) is 3.74. The summed E-state index contributed by atoms with van der Waals surface area (Å²) in [5.41, 5.74) is 0. The molecular formula is C12H24N2O. The van der Waals surface area contributed by atoms with Crippen LogP contribution in [0, 0.1) is 0 Å². The number of hydrogen-bond acceptors (Lipinski definition) is 3. The zero-order chi connectivity index (χ0) is 10.5. The van der Waals surface area contributed by atoms with Gasteiger partial charge in [0.1, 0.15) is 0 Å². The monoisotopic (exact) mass is 212 g/mol. The lowest BCUT2D eigenvalue weighted by atomic mass is 9.95. The predicted molar refractivity (Wildman–Crippen MR) is 62.1 cm³/mol. The topological polar surface area (TPSA) is 24.5 Å². The molecule has 1 N–H and O–H groups in total. The van der Waals surface area contributed by atoms with Crippen molar-refractivity contribution in [1.82, 2.24) is 10.2 Å². The number of nitrogens with one attached hydrogen (secondary N) is 1. The number of likely N-dealkylation sites (N-methyl/N-ethyl adjacent to an activating group) is 1. The van der Waals surface area contributed by atoms with Crippen LogP contribution in [0.5, 0.6) is 0 Å². The second kappa shape index (κ2) is 5.83. The number of morpholine rings is 1. The first-order chi connectivity index (χ1) is 7.34. The van der Waals surface area contributed by atoms with Crippen LogP contribution in [0.25, 0.3) is 0 Å². The molecule has 2 fully saturated rings. The molecular weight excluding hydrogens is 188 g/mol. The van der Waals surface area contributed by atoms with Gasteiger partial charge >= 0.3 is 0 Å². The first-order valence-electron chi connectivity index (χ1n) is 6.38. The Morgan fingerprint density at radius 1 is 1.27 bits per heavy atom. The molecule has 0 aromatic rings. The first kappa shape index (κ1) is 11.4. The van der Waals surface area contributed by atoms with Crippen molar-refractivity contribution in [2.75, 3.05) is 33.3 Å². The maximum absolute atomic E-state index is 5.74. The molecule has 0 spiro atoms. The van der Waals surface area contributed by atoms with Gasteiger partial charge in [-0.1, -0.05) is 19.3 Å². The first-order valence-corrected chi connectivity index (χ1v) is 6.38. The molecule has 2 aliphatic rings. The lowest BCUT2D eigenvalue weighted by molar-refractivity contribution is -0.0197. The van der Waals surface area contributed by atoms with E-state index in [9.17, 15) is 0 Å². The Bertz CT molecular complexity index is 180. The molecule has 3 nitrogen and oxygen atoms in total. The van der Waals surface area contributed by atoms with Gasteiger partial charge in [-0.2, -0.15) is 0 Å². The van der Waals surface area contributed by atoms with E-state index in [0.29, 0.717) is 6.10 Å². The largest absolute Gasteiger partial charge is 0.374 e. The molecule has 88 valence electrons. The van der Waals surface area contributed by atoms with E-state index >= 15 is 0 Å². The van der Waals surface area contributed by atoms with Gasteiger partial charge in [-0.05, 0) is 19.9 Å². The minimum absolute atomic E-state index is 0.408. The van der Waals surface area contributed by atoms with E-state index in [-0.39, 0.29) is 0 Å². The molecule has 0 bridgehead atoms. The summed E-state index contributed by atoms with van der Waals surface area (Å²) in [5, 5.41) is 3.66. The van der Waals surface area contributed by atoms with Crippen LogP contribution in [0.3, 0.4) is 0 Å². The number of nitrogens with zero attached hydrogens (tertiary/aromatic N) is 1. The predicted octanol–water partition coefficient (Wildman–Crippen LogP) is 1.24. The van der Waals surface area contributed by atoms with E-state index in [0.717, 1.165) is 32.3 Å².